The predicted octanol–water partition coefficient (Wildman–Crippen LogP) is 27.8. The van der Waals surface area contributed by atoms with Crippen LogP contribution < -0.4 is 0 Å². The van der Waals surface area contributed by atoms with E-state index in [9.17, 15) is 43.2 Å². The molecule has 3 N–H and O–H groups in total. The first kappa shape index (κ1) is 107. The zero-order valence-corrected chi connectivity index (χ0v) is 73.7. The van der Waals surface area contributed by atoms with Crippen molar-refractivity contribution in [3.05, 3.63) is 0 Å². The van der Waals surface area contributed by atoms with Gasteiger partial charge in [-0.05, 0) is 37.5 Å². The van der Waals surface area contributed by atoms with Crippen LogP contribution in [0.15, 0.2) is 0 Å². The molecule has 5 atom stereocenters. The fourth-order valence-electron chi connectivity index (χ4n) is 14.1. The number of esters is 4. The second kappa shape index (κ2) is 81.2. The highest BCUT2D eigenvalue weighted by molar-refractivity contribution is 7.47. The standard InChI is InChI=1S/C90H176O17P2/c1-7-9-11-13-15-17-19-21-23-25-27-32-35-39-43-47-54-60-66-72-87(92)100-78-85(106-89(94)74-69-63-57-49-45-41-37-33-29-28-30-34-38-42-46-52-58-64-70-82(3)4)80-104-108(96,97)102-76-84(91)77-103-109(98,99)105-81-86(79-101-88(93)73-67-61-55-51-50-53-59-65-71-83(5)6)107-90(95)75-68-62-56-48-44-40-36-31-26-24-22-20-18-16-14-12-10-8-2/h82-86,91H,7-81H2,1-6H3,(H,96,97)(H,98,99)/t84-,85-,86-/m1/s1. The number of carbonyl (C=O) groups is 4. The summed E-state index contributed by atoms with van der Waals surface area (Å²) in [7, 11) is -9.93. The van der Waals surface area contributed by atoms with Crippen molar-refractivity contribution in [3.8, 4) is 0 Å². The number of aliphatic hydroxyl groups excluding tert-OH is 1. The molecule has 0 aliphatic carbocycles. The topological polar surface area (TPSA) is 237 Å². The molecule has 0 rings (SSSR count). The van der Waals surface area contributed by atoms with E-state index in [0.717, 1.165) is 102 Å². The van der Waals surface area contributed by atoms with Crippen molar-refractivity contribution in [1.29, 1.82) is 0 Å². The van der Waals surface area contributed by atoms with Crippen molar-refractivity contribution in [2.45, 2.75) is 503 Å². The Morgan fingerprint density at radius 2 is 0.422 bits per heavy atom. The molecule has 0 saturated heterocycles. The molecular weight excluding hydrogens is 1410 g/mol. The minimum absolute atomic E-state index is 0.108. The van der Waals surface area contributed by atoms with E-state index in [0.29, 0.717) is 25.7 Å². The van der Waals surface area contributed by atoms with Gasteiger partial charge in [-0.1, -0.05) is 433 Å². The summed E-state index contributed by atoms with van der Waals surface area (Å²) in [6, 6.07) is 0. The SMILES string of the molecule is CCCCCCCCCCCCCCCCCCCCCC(=O)OC[C@H](COP(=O)(O)OC[C@@H](O)COP(=O)(O)OC[C@@H](COC(=O)CCCCCCCCCCC(C)C)OC(=O)CCCCCCCCCCCCCCCCCCCC)OC(=O)CCCCCCCCCCCCCCCCCCCCC(C)C. The van der Waals surface area contributed by atoms with Gasteiger partial charge in [0.05, 0.1) is 26.4 Å². The maximum absolute atomic E-state index is 13.2. The van der Waals surface area contributed by atoms with Crippen molar-refractivity contribution in [3.63, 3.8) is 0 Å². The van der Waals surface area contributed by atoms with E-state index < -0.39 is 97.5 Å². The Morgan fingerprint density at radius 3 is 0.624 bits per heavy atom. The average molecular weight is 1590 g/mol. The van der Waals surface area contributed by atoms with Gasteiger partial charge in [-0.3, -0.25) is 37.3 Å². The summed E-state index contributed by atoms with van der Waals surface area (Å²) in [5.74, 6) is -0.551. The van der Waals surface area contributed by atoms with E-state index in [2.05, 4.69) is 41.5 Å². The fourth-order valence-corrected chi connectivity index (χ4v) is 15.7. The van der Waals surface area contributed by atoms with Crippen molar-refractivity contribution in [2.24, 2.45) is 11.8 Å². The molecule has 0 amide bonds. The molecule has 0 saturated carbocycles. The van der Waals surface area contributed by atoms with Gasteiger partial charge in [-0.15, -0.1) is 0 Å². The Kier molecular flexibility index (Phi) is 79.8. The second-order valence-corrected chi connectivity index (χ2v) is 36.2. The van der Waals surface area contributed by atoms with Crippen molar-refractivity contribution in [2.75, 3.05) is 39.6 Å². The molecule has 0 aromatic carbocycles. The fraction of sp³-hybridized carbons (Fsp3) is 0.956. The molecule has 648 valence electrons. The zero-order valence-electron chi connectivity index (χ0n) is 71.9. The molecule has 0 aliphatic heterocycles. The first-order chi connectivity index (χ1) is 52.9. The first-order valence-electron chi connectivity index (χ1n) is 46.5. The molecule has 0 radical (unpaired) electrons. The maximum atomic E-state index is 13.2. The Bertz CT molecular complexity index is 2080. The number of aliphatic hydroxyl groups is 1. The Balaban J connectivity index is 5.23. The van der Waals surface area contributed by atoms with Crippen LogP contribution in [0.5, 0.6) is 0 Å². The summed E-state index contributed by atoms with van der Waals surface area (Å²) in [6.07, 6.45) is 75.1. The number of carbonyl (C=O) groups excluding carboxylic acids is 4. The Hall–Kier alpha value is -1.94. The summed E-state index contributed by atoms with van der Waals surface area (Å²) in [6.45, 7) is 9.70. The van der Waals surface area contributed by atoms with Gasteiger partial charge < -0.3 is 33.8 Å². The molecular formula is C90H176O17P2. The summed E-state index contributed by atoms with van der Waals surface area (Å²) < 4.78 is 69.0. The van der Waals surface area contributed by atoms with Gasteiger partial charge in [0.25, 0.3) is 0 Å². The highest BCUT2D eigenvalue weighted by Crippen LogP contribution is 2.45. The summed E-state index contributed by atoms with van der Waals surface area (Å²) >= 11 is 0. The quantitative estimate of drug-likeness (QED) is 0.0222. The minimum atomic E-state index is -4.97. The third-order valence-electron chi connectivity index (χ3n) is 21.2. The number of phosphoric ester groups is 2. The summed E-state index contributed by atoms with van der Waals surface area (Å²) in [4.78, 5) is 73.4. The number of ether oxygens (including phenoxy) is 4. The van der Waals surface area contributed by atoms with Crippen LogP contribution in [0.1, 0.15) is 485 Å². The molecule has 2 unspecified atom stereocenters. The summed E-state index contributed by atoms with van der Waals surface area (Å²) in [5.41, 5.74) is 0. The van der Waals surface area contributed by atoms with Crippen molar-refractivity contribution >= 4 is 39.5 Å². The monoisotopic (exact) mass is 1590 g/mol. The lowest BCUT2D eigenvalue weighted by Gasteiger charge is -2.21. The van der Waals surface area contributed by atoms with Crippen LogP contribution in [0.3, 0.4) is 0 Å². The number of hydrogen-bond donors (Lipinski definition) is 3. The van der Waals surface area contributed by atoms with Gasteiger partial charge in [-0.25, -0.2) is 9.13 Å². The van der Waals surface area contributed by atoms with E-state index in [1.807, 2.05) is 0 Å². The van der Waals surface area contributed by atoms with Crippen LogP contribution in [0.25, 0.3) is 0 Å². The molecule has 0 fully saturated rings. The normalized spacial score (nSPS) is 13.8. The number of rotatable bonds is 89. The van der Waals surface area contributed by atoms with Crippen molar-refractivity contribution in [1.82, 2.24) is 0 Å². The van der Waals surface area contributed by atoms with E-state index >= 15 is 0 Å². The lowest BCUT2D eigenvalue weighted by atomic mass is 10.0. The highest BCUT2D eigenvalue weighted by Gasteiger charge is 2.31. The van der Waals surface area contributed by atoms with Crippen LogP contribution in [-0.4, -0.2) is 96.7 Å². The predicted molar refractivity (Wildman–Crippen MR) is 451 cm³/mol. The smallest absolute Gasteiger partial charge is 0.462 e. The van der Waals surface area contributed by atoms with E-state index in [-0.39, 0.29) is 25.7 Å². The van der Waals surface area contributed by atoms with Crippen molar-refractivity contribution < 1.29 is 80.2 Å². The minimum Gasteiger partial charge on any atom is -0.462 e. The van der Waals surface area contributed by atoms with Gasteiger partial charge in [-0.2, -0.15) is 0 Å². The van der Waals surface area contributed by atoms with Gasteiger partial charge >= 0.3 is 39.5 Å². The third-order valence-corrected chi connectivity index (χ3v) is 23.1. The molecule has 19 heteroatoms. The maximum Gasteiger partial charge on any atom is 0.472 e. The molecule has 0 spiro atoms. The number of hydrogen-bond acceptors (Lipinski definition) is 15. The second-order valence-electron chi connectivity index (χ2n) is 33.3. The number of unbranched alkanes of at least 4 members (excludes halogenated alkanes) is 59. The van der Waals surface area contributed by atoms with Crippen LogP contribution in [0.2, 0.25) is 0 Å². The van der Waals surface area contributed by atoms with Crippen LogP contribution >= 0.6 is 15.6 Å². The molecule has 0 aliphatic rings. The number of phosphoric acid groups is 2. The largest absolute Gasteiger partial charge is 0.472 e. The average Bonchev–Trinajstić information content (AvgIpc) is 0.900. The first-order valence-corrected chi connectivity index (χ1v) is 49.5. The molecule has 109 heavy (non-hydrogen) atoms. The van der Waals surface area contributed by atoms with E-state index in [4.69, 9.17) is 37.0 Å². The summed E-state index contributed by atoms with van der Waals surface area (Å²) in [5, 5.41) is 10.7. The van der Waals surface area contributed by atoms with Gasteiger partial charge in [0.2, 0.25) is 0 Å². The molecule has 17 nitrogen and oxygen atoms in total. The van der Waals surface area contributed by atoms with Gasteiger partial charge in [0, 0.05) is 25.7 Å². The van der Waals surface area contributed by atoms with Gasteiger partial charge in [0.1, 0.15) is 19.3 Å². The van der Waals surface area contributed by atoms with Crippen LogP contribution in [0, 0.1) is 11.8 Å². The molecule has 0 aromatic rings. The molecule has 0 bridgehead atoms. The zero-order chi connectivity index (χ0) is 79.9. The molecule has 0 aromatic heterocycles. The van der Waals surface area contributed by atoms with Crippen LogP contribution in [-0.2, 0) is 65.4 Å². The van der Waals surface area contributed by atoms with Crippen LogP contribution in [0.4, 0.5) is 0 Å². The van der Waals surface area contributed by atoms with E-state index in [1.54, 1.807) is 0 Å². The lowest BCUT2D eigenvalue weighted by Crippen LogP contribution is -2.30. The lowest BCUT2D eigenvalue weighted by molar-refractivity contribution is -0.161. The third kappa shape index (κ3) is 83.8. The Morgan fingerprint density at radius 1 is 0.248 bits per heavy atom. The van der Waals surface area contributed by atoms with Gasteiger partial charge in [0.15, 0.2) is 12.2 Å². The van der Waals surface area contributed by atoms with E-state index in [1.165, 1.54) is 302 Å². The Labute approximate surface area is 670 Å². The highest BCUT2D eigenvalue weighted by atomic mass is 31.2. The molecule has 0 heterocycles.